The second-order valence-electron chi connectivity index (χ2n) is 5.66. The van der Waals surface area contributed by atoms with E-state index in [2.05, 4.69) is 5.32 Å². The third kappa shape index (κ3) is 5.89. The molecule has 1 aromatic rings. The van der Waals surface area contributed by atoms with Crippen LogP contribution >= 0.6 is 0 Å². The monoisotopic (exact) mass is 343 g/mol. The maximum Gasteiger partial charge on any atom is 0.234 e. The highest BCUT2D eigenvalue weighted by molar-refractivity contribution is 7.88. The lowest BCUT2D eigenvalue weighted by atomic mass is 10.1. The van der Waals surface area contributed by atoms with E-state index < -0.39 is 10.0 Å². The largest absolute Gasteiger partial charge is 0.355 e. The predicted octanol–water partition coefficient (Wildman–Crippen LogP) is 0.0616. The first-order chi connectivity index (χ1) is 10.8. The maximum atomic E-state index is 12.8. The van der Waals surface area contributed by atoms with Crippen molar-refractivity contribution in [3.05, 3.63) is 35.6 Å². The Morgan fingerprint density at radius 3 is 2.35 bits per heavy atom. The molecular weight excluding hydrogens is 321 g/mol. The fourth-order valence-corrected chi connectivity index (χ4v) is 3.30. The molecule has 8 heteroatoms. The third-order valence-electron chi connectivity index (χ3n) is 3.82. The van der Waals surface area contributed by atoms with Gasteiger partial charge in [0.25, 0.3) is 0 Å². The molecule has 1 aliphatic rings. The SMILES string of the molecule is CS(=O)(=O)N1CCN(CC(=O)NCCc2ccc(F)cc2)CC1. The number of hydrogen-bond donors (Lipinski definition) is 1. The molecule has 1 fully saturated rings. The van der Waals surface area contributed by atoms with Crippen LogP contribution in [0.2, 0.25) is 0 Å². The van der Waals surface area contributed by atoms with E-state index in [9.17, 15) is 17.6 Å². The molecule has 0 saturated carbocycles. The zero-order valence-corrected chi connectivity index (χ0v) is 14.0. The van der Waals surface area contributed by atoms with Crippen molar-refractivity contribution in [3.8, 4) is 0 Å². The van der Waals surface area contributed by atoms with E-state index in [4.69, 9.17) is 0 Å². The Morgan fingerprint density at radius 2 is 1.78 bits per heavy atom. The molecule has 2 rings (SSSR count). The summed E-state index contributed by atoms with van der Waals surface area (Å²) in [6.07, 6.45) is 1.85. The Bertz CT molecular complexity index is 626. The number of nitrogens with zero attached hydrogens (tertiary/aromatic N) is 2. The molecule has 1 aliphatic heterocycles. The van der Waals surface area contributed by atoms with Gasteiger partial charge in [-0.25, -0.2) is 12.8 Å². The molecule has 0 unspecified atom stereocenters. The molecule has 0 spiro atoms. The molecular formula is C15H22FN3O3S. The van der Waals surface area contributed by atoms with Gasteiger partial charge in [0.1, 0.15) is 5.82 Å². The first-order valence-electron chi connectivity index (χ1n) is 7.53. The fourth-order valence-electron chi connectivity index (χ4n) is 2.48. The molecule has 0 aliphatic carbocycles. The van der Waals surface area contributed by atoms with Crippen LogP contribution in [-0.4, -0.2) is 69.1 Å². The molecule has 0 bridgehead atoms. The van der Waals surface area contributed by atoms with Gasteiger partial charge in [0.05, 0.1) is 12.8 Å². The van der Waals surface area contributed by atoms with Crippen LogP contribution in [0.25, 0.3) is 0 Å². The second-order valence-corrected chi connectivity index (χ2v) is 7.65. The highest BCUT2D eigenvalue weighted by atomic mass is 32.2. The van der Waals surface area contributed by atoms with Crippen LogP contribution in [0.5, 0.6) is 0 Å². The van der Waals surface area contributed by atoms with Crippen molar-refractivity contribution < 1.29 is 17.6 Å². The van der Waals surface area contributed by atoms with E-state index in [-0.39, 0.29) is 18.3 Å². The summed E-state index contributed by atoms with van der Waals surface area (Å²) in [5, 5.41) is 2.83. The minimum Gasteiger partial charge on any atom is -0.355 e. The number of carbonyl (C=O) groups is 1. The summed E-state index contributed by atoms with van der Waals surface area (Å²) in [6.45, 7) is 2.70. The number of rotatable bonds is 6. The average molecular weight is 343 g/mol. The van der Waals surface area contributed by atoms with E-state index in [1.807, 2.05) is 4.90 Å². The molecule has 1 N–H and O–H groups in total. The van der Waals surface area contributed by atoms with Crippen molar-refractivity contribution >= 4 is 15.9 Å². The highest BCUT2D eigenvalue weighted by Gasteiger charge is 2.24. The Morgan fingerprint density at radius 1 is 1.17 bits per heavy atom. The summed E-state index contributed by atoms with van der Waals surface area (Å²) in [6, 6.07) is 6.20. The second kappa shape index (κ2) is 7.85. The number of benzene rings is 1. The molecule has 0 radical (unpaired) electrons. The van der Waals surface area contributed by atoms with Crippen LogP contribution in [0.4, 0.5) is 4.39 Å². The Kier molecular flexibility index (Phi) is 6.09. The smallest absolute Gasteiger partial charge is 0.234 e. The summed E-state index contributed by atoms with van der Waals surface area (Å²) in [5.41, 5.74) is 0.966. The van der Waals surface area contributed by atoms with E-state index in [0.29, 0.717) is 39.1 Å². The number of piperazine rings is 1. The number of sulfonamides is 1. The van der Waals surface area contributed by atoms with Gasteiger partial charge in [-0.1, -0.05) is 12.1 Å². The molecule has 128 valence electrons. The molecule has 23 heavy (non-hydrogen) atoms. The molecule has 1 aromatic carbocycles. The van der Waals surface area contributed by atoms with Crippen molar-refractivity contribution in [2.75, 3.05) is 45.5 Å². The summed E-state index contributed by atoms with van der Waals surface area (Å²) in [4.78, 5) is 13.8. The van der Waals surface area contributed by atoms with Crippen LogP contribution < -0.4 is 5.32 Å². The van der Waals surface area contributed by atoms with Crippen molar-refractivity contribution in [1.29, 1.82) is 0 Å². The minimum atomic E-state index is -3.15. The molecule has 0 atom stereocenters. The fraction of sp³-hybridized carbons (Fsp3) is 0.533. The summed E-state index contributed by atoms with van der Waals surface area (Å²) in [7, 11) is -3.15. The van der Waals surface area contributed by atoms with Gasteiger partial charge in [0, 0.05) is 32.7 Å². The molecule has 1 heterocycles. The Hall–Kier alpha value is -1.51. The normalized spacial score (nSPS) is 17.1. The Balaban J connectivity index is 1.66. The van der Waals surface area contributed by atoms with E-state index >= 15 is 0 Å². The van der Waals surface area contributed by atoms with Crippen LogP contribution in [0.3, 0.4) is 0 Å². The minimum absolute atomic E-state index is 0.0834. The van der Waals surface area contributed by atoms with Crippen LogP contribution in [0.15, 0.2) is 24.3 Å². The van der Waals surface area contributed by atoms with Crippen LogP contribution in [0.1, 0.15) is 5.56 Å². The standard InChI is InChI=1S/C15H22FN3O3S/c1-23(21,22)19-10-8-18(9-11-19)12-15(20)17-7-6-13-2-4-14(16)5-3-13/h2-5H,6-12H2,1H3,(H,17,20). The van der Waals surface area contributed by atoms with Crippen LogP contribution in [-0.2, 0) is 21.2 Å². The number of nitrogens with one attached hydrogen (secondary N) is 1. The summed E-state index contributed by atoms with van der Waals surface area (Å²) < 4.78 is 37.0. The predicted molar refractivity (Wildman–Crippen MR) is 86.0 cm³/mol. The quantitative estimate of drug-likeness (QED) is 0.793. The van der Waals surface area contributed by atoms with Gasteiger partial charge in [-0.3, -0.25) is 9.69 Å². The van der Waals surface area contributed by atoms with E-state index in [1.165, 1.54) is 22.7 Å². The van der Waals surface area contributed by atoms with Gasteiger partial charge < -0.3 is 5.32 Å². The topological polar surface area (TPSA) is 69.7 Å². The van der Waals surface area contributed by atoms with E-state index in [0.717, 1.165) is 5.56 Å². The first kappa shape index (κ1) is 17.8. The van der Waals surface area contributed by atoms with Gasteiger partial charge in [0.15, 0.2) is 0 Å². The number of amides is 1. The lowest BCUT2D eigenvalue weighted by Gasteiger charge is -2.32. The average Bonchev–Trinajstić information content (AvgIpc) is 2.49. The van der Waals surface area contributed by atoms with Gasteiger partial charge in [-0.15, -0.1) is 0 Å². The van der Waals surface area contributed by atoms with Crippen LogP contribution in [0, 0.1) is 5.82 Å². The molecule has 0 aromatic heterocycles. The van der Waals surface area contributed by atoms with Crippen molar-refractivity contribution in [1.82, 2.24) is 14.5 Å². The number of halogens is 1. The van der Waals surface area contributed by atoms with Crippen molar-refractivity contribution in [2.24, 2.45) is 0 Å². The number of hydrogen-bond acceptors (Lipinski definition) is 4. The van der Waals surface area contributed by atoms with Gasteiger partial charge in [-0.2, -0.15) is 4.31 Å². The highest BCUT2D eigenvalue weighted by Crippen LogP contribution is 2.06. The maximum absolute atomic E-state index is 12.8. The van der Waals surface area contributed by atoms with E-state index in [1.54, 1.807) is 12.1 Å². The lowest BCUT2D eigenvalue weighted by Crippen LogP contribution is -2.50. The van der Waals surface area contributed by atoms with Gasteiger partial charge >= 0.3 is 0 Å². The number of carbonyl (C=O) groups excluding carboxylic acids is 1. The summed E-state index contributed by atoms with van der Waals surface area (Å²) >= 11 is 0. The molecule has 1 saturated heterocycles. The Labute approximate surface area is 136 Å². The third-order valence-corrected chi connectivity index (χ3v) is 5.12. The van der Waals surface area contributed by atoms with Gasteiger partial charge in [-0.05, 0) is 24.1 Å². The van der Waals surface area contributed by atoms with Crippen molar-refractivity contribution in [3.63, 3.8) is 0 Å². The van der Waals surface area contributed by atoms with Crippen molar-refractivity contribution in [2.45, 2.75) is 6.42 Å². The zero-order chi connectivity index (χ0) is 16.9. The summed E-state index contributed by atoms with van der Waals surface area (Å²) in [5.74, 6) is -0.356. The molecule has 6 nitrogen and oxygen atoms in total. The molecule has 1 amide bonds. The lowest BCUT2D eigenvalue weighted by molar-refractivity contribution is -0.122. The zero-order valence-electron chi connectivity index (χ0n) is 13.2. The van der Waals surface area contributed by atoms with Gasteiger partial charge in [0.2, 0.25) is 15.9 Å². The first-order valence-corrected chi connectivity index (χ1v) is 9.38.